The van der Waals surface area contributed by atoms with Crippen molar-refractivity contribution in [3.8, 4) is 11.3 Å². The summed E-state index contributed by atoms with van der Waals surface area (Å²) in [7, 11) is 0. The third kappa shape index (κ3) is 3.56. The van der Waals surface area contributed by atoms with Gasteiger partial charge in [-0.05, 0) is 18.6 Å². The monoisotopic (exact) mass is 325 g/mol. The first kappa shape index (κ1) is 16.0. The van der Waals surface area contributed by atoms with Gasteiger partial charge >= 0.3 is 0 Å². The second-order valence-corrected chi connectivity index (χ2v) is 5.68. The highest BCUT2D eigenvalue weighted by molar-refractivity contribution is 5.83. The molecule has 2 amide bonds. The molecule has 0 aromatic carbocycles. The molecular formula is C17H19N5O2. The lowest BCUT2D eigenvalue weighted by molar-refractivity contribution is -0.132. The lowest BCUT2D eigenvalue weighted by atomic mass is 10.0. The van der Waals surface area contributed by atoms with Gasteiger partial charge in [-0.3, -0.25) is 14.6 Å². The van der Waals surface area contributed by atoms with E-state index in [4.69, 9.17) is 0 Å². The van der Waals surface area contributed by atoms with Crippen LogP contribution in [-0.2, 0) is 22.4 Å². The minimum Gasteiger partial charge on any atom is -0.347 e. The van der Waals surface area contributed by atoms with Gasteiger partial charge in [0.05, 0.1) is 12.2 Å². The topological polar surface area (TPSA) is 88.1 Å². The molecule has 0 saturated heterocycles. The van der Waals surface area contributed by atoms with Crippen LogP contribution in [0.2, 0.25) is 0 Å². The molecule has 0 aliphatic carbocycles. The van der Waals surface area contributed by atoms with Gasteiger partial charge in [0.2, 0.25) is 11.8 Å². The third-order valence-electron chi connectivity index (χ3n) is 4.06. The zero-order valence-corrected chi connectivity index (χ0v) is 13.5. The van der Waals surface area contributed by atoms with Crippen molar-refractivity contribution in [2.45, 2.75) is 19.8 Å². The van der Waals surface area contributed by atoms with E-state index < -0.39 is 0 Å². The van der Waals surface area contributed by atoms with Crippen LogP contribution in [0.3, 0.4) is 0 Å². The van der Waals surface area contributed by atoms with Crippen LogP contribution in [0.5, 0.6) is 0 Å². The van der Waals surface area contributed by atoms with Gasteiger partial charge in [-0.1, -0.05) is 0 Å². The number of amides is 2. The predicted octanol–water partition coefficient (Wildman–Crippen LogP) is 0.602. The Morgan fingerprint density at radius 3 is 2.83 bits per heavy atom. The number of nitrogens with zero attached hydrogens (tertiary/aromatic N) is 4. The van der Waals surface area contributed by atoms with Gasteiger partial charge in [0.1, 0.15) is 6.33 Å². The van der Waals surface area contributed by atoms with E-state index in [0.717, 1.165) is 22.5 Å². The molecule has 1 aliphatic heterocycles. The Bertz CT molecular complexity index is 748. The van der Waals surface area contributed by atoms with Crippen LogP contribution in [0, 0.1) is 0 Å². The van der Waals surface area contributed by atoms with Gasteiger partial charge in [0.15, 0.2) is 0 Å². The molecule has 7 nitrogen and oxygen atoms in total. The molecule has 1 N–H and O–H groups in total. The number of hydrogen-bond donors (Lipinski definition) is 1. The first-order valence-electron chi connectivity index (χ1n) is 7.90. The highest BCUT2D eigenvalue weighted by Crippen LogP contribution is 2.25. The van der Waals surface area contributed by atoms with Crippen molar-refractivity contribution in [3.05, 3.63) is 42.1 Å². The first-order chi connectivity index (χ1) is 11.6. The summed E-state index contributed by atoms with van der Waals surface area (Å²) in [6.07, 6.45) is 6.44. The first-order valence-corrected chi connectivity index (χ1v) is 7.90. The molecule has 0 saturated carbocycles. The summed E-state index contributed by atoms with van der Waals surface area (Å²) in [5.41, 5.74) is 3.87. The minimum atomic E-state index is -0.203. The van der Waals surface area contributed by atoms with Crippen molar-refractivity contribution in [3.63, 3.8) is 0 Å². The summed E-state index contributed by atoms with van der Waals surface area (Å²) >= 11 is 0. The van der Waals surface area contributed by atoms with Crippen LogP contribution in [0.25, 0.3) is 11.3 Å². The number of rotatable bonds is 3. The third-order valence-corrected chi connectivity index (χ3v) is 4.06. The van der Waals surface area contributed by atoms with Crippen LogP contribution in [-0.4, -0.2) is 51.3 Å². The number of hydrogen-bond acceptors (Lipinski definition) is 5. The predicted molar refractivity (Wildman–Crippen MR) is 87.9 cm³/mol. The summed E-state index contributed by atoms with van der Waals surface area (Å²) in [6, 6.07) is 3.85. The molecular weight excluding hydrogens is 306 g/mol. The molecule has 3 rings (SSSR count). The fourth-order valence-corrected chi connectivity index (χ4v) is 2.84. The van der Waals surface area contributed by atoms with Crippen LogP contribution in [0.15, 0.2) is 30.9 Å². The molecule has 0 fully saturated rings. The van der Waals surface area contributed by atoms with Gasteiger partial charge in [-0.25, -0.2) is 9.97 Å². The molecule has 24 heavy (non-hydrogen) atoms. The lowest BCUT2D eigenvalue weighted by Crippen LogP contribution is -2.40. The zero-order valence-electron chi connectivity index (χ0n) is 13.5. The van der Waals surface area contributed by atoms with E-state index >= 15 is 0 Å². The van der Waals surface area contributed by atoms with Crippen LogP contribution in [0.1, 0.15) is 18.2 Å². The van der Waals surface area contributed by atoms with E-state index in [2.05, 4.69) is 20.3 Å². The van der Waals surface area contributed by atoms with E-state index in [1.54, 1.807) is 23.6 Å². The molecule has 0 spiro atoms. The lowest BCUT2D eigenvalue weighted by Gasteiger charge is -2.20. The standard InChI is InChI=1S/C17H19N5O2/c1-12(23)19-10-16(24)22-7-4-14-15(5-8-22)20-11-21-17(14)13-3-2-6-18-9-13/h2-3,6,9,11H,4-5,7-8,10H2,1H3,(H,19,23). The van der Waals surface area contributed by atoms with E-state index in [1.165, 1.54) is 6.92 Å². The van der Waals surface area contributed by atoms with E-state index in [1.807, 2.05) is 12.1 Å². The SMILES string of the molecule is CC(=O)NCC(=O)N1CCc2ncnc(-c3cccnc3)c2CC1. The minimum absolute atomic E-state index is 0.0345. The molecule has 2 aromatic heterocycles. The largest absolute Gasteiger partial charge is 0.347 e. The Kier molecular flexibility index (Phi) is 4.79. The van der Waals surface area contributed by atoms with Crippen molar-refractivity contribution in [2.75, 3.05) is 19.6 Å². The summed E-state index contributed by atoms with van der Waals surface area (Å²) in [6.45, 7) is 2.62. The maximum Gasteiger partial charge on any atom is 0.241 e. The fourth-order valence-electron chi connectivity index (χ4n) is 2.84. The summed E-state index contributed by atoms with van der Waals surface area (Å²) in [5, 5.41) is 2.56. The Hall–Kier alpha value is -2.83. The molecule has 0 bridgehead atoms. The van der Waals surface area contributed by atoms with Crippen molar-refractivity contribution >= 4 is 11.8 Å². The highest BCUT2D eigenvalue weighted by Gasteiger charge is 2.22. The van der Waals surface area contributed by atoms with Crippen LogP contribution >= 0.6 is 0 Å². The van der Waals surface area contributed by atoms with Gasteiger partial charge in [-0.15, -0.1) is 0 Å². The average molecular weight is 325 g/mol. The zero-order chi connectivity index (χ0) is 16.9. The van der Waals surface area contributed by atoms with Crippen LogP contribution in [0.4, 0.5) is 0 Å². The van der Waals surface area contributed by atoms with E-state index in [0.29, 0.717) is 25.9 Å². The highest BCUT2D eigenvalue weighted by atomic mass is 16.2. The number of pyridine rings is 1. The smallest absolute Gasteiger partial charge is 0.241 e. The van der Waals surface area contributed by atoms with Crippen molar-refractivity contribution in [1.29, 1.82) is 0 Å². The number of carbonyl (C=O) groups is 2. The Balaban J connectivity index is 1.79. The molecule has 0 atom stereocenters. The molecule has 7 heteroatoms. The fraction of sp³-hybridized carbons (Fsp3) is 0.353. The van der Waals surface area contributed by atoms with Gasteiger partial charge < -0.3 is 10.2 Å². The molecule has 124 valence electrons. The van der Waals surface area contributed by atoms with Gasteiger partial charge in [-0.2, -0.15) is 0 Å². The Labute approximate surface area is 140 Å². The Morgan fingerprint density at radius 1 is 1.25 bits per heavy atom. The maximum atomic E-state index is 12.2. The second kappa shape index (κ2) is 7.16. The maximum absolute atomic E-state index is 12.2. The number of fused-ring (bicyclic) bond motifs is 1. The van der Waals surface area contributed by atoms with Crippen molar-refractivity contribution < 1.29 is 9.59 Å². The molecule has 3 heterocycles. The average Bonchev–Trinajstić information content (AvgIpc) is 2.83. The molecule has 2 aromatic rings. The summed E-state index contributed by atoms with van der Waals surface area (Å²) in [5.74, 6) is -0.278. The van der Waals surface area contributed by atoms with Crippen LogP contribution < -0.4 is 5.32 Å². The molecule has 1 aliphatic rings. The van der Waals surface area contributed by atoms with Crippen molar-refractivity contribution in [1.82, 2.24) is 25.2 Å². The summed E-state index contributed by atoms with van der Waals surface area (Å²) < 4.78 is 0. The van der Waals surface area contributed by atoms with E-state index in [9.17, 15) is 9.59 Å². The van der Waals surface area contributed by atoms with E-state index in [-0.39, 0.29) is 18.4 Å². The van der Waals surface area contributed by atoms with Gasteiger partial charge in [0.25, 0.3) is 0 Å². The second-order valence-electron chi connectivity index (χ2n) is 5.68. The van der Waals surface area contributed by atoms with Gasteiger partial charge in [0, 0.05) is 55.6 Å². The number of aromatic nitrogens is 3. The Morgan fingerprint density at radius 2 is 2.08 bits per heavy atom. The quantitative estimate of drug-likeness (QED) is 0.893. The number of nitrogens with one attached hydrogen (secondary N) is 1. The molecule has 0 unspecified atom stereocenters. The number of carbonyl (C=O) groups excluding carboxylic acids is 2. The summed E-state index contributed by atoms with van der Waals surface area (Å²) in [4.78, 5) is 37.9. The molecule has 0 radical (unpaired) electrons. The van der Waals surface area contributed by atoms with Crippen molar-refractivity contribution in [2.24, 2.45) is 0 Å². The normalized spacial score (nSPS) is 13.8.